The largest absolute Gasteiger partial charge is 0.344 e. The minimum absolute atomic E-state index is 0.200. The zero-order valence-electron chi connectivity index (χ0n) is 14.0. The molecule has 1 unspecified atom stereocenters. The zero-order valence-corrected chi connectivity index (χ0v) is 14.0. The summed E-state index contributed by atoms with van der Waals surface area (Å²) in [7, 11) is 0. The summed E-state index contributed by atoms with van der Waals surface area (Å²) in [5, 5.41) is 6.68. The van der Waals surface area contributed by atoms with Crippen molar-refractivity contribution in [1.82, 2.24) is 20.1 Å². The number of carbonyl (C=O) groups is 2. The first kappa shape index (κ1) is 17.1. The molecule has 2 aromatic rings. The lowest BCUT2D eigenvalue weighted by atomic mass is 10.0. The molecular weight excluding hydrogens is 325 g/mol. The van der Waals surface area contributed by atoms with Crippen LogP contribution in [0.1, 0.15) is 24.8 Å². The summed E-state index contributed by atoms with van der Waals surface area (Å²) in [4.78, 5) is 30.0. The Morgan fingerprint density at radius 3 is 3.04 bits per heavy atom. The second kappa shape index (κ2) is 7.42. The zero-order chi connectivity index (χ0) is 17.8. The van der Waals surface area contributed by atoms with Crippen LogP contribution >= 0.6 is 0 Å². The highest BCUT2D eigenvalue weighted by atomic mass is 19.1. The van der Waals surface area contributed by atoms with Crippen molar-refractivity contribution >= 4 is 17.5 Å². The molecule has 0 bridgehead atoms. The van der Waals surface area contributed by atoms with Gasteiger partial charge in [0.15, 0.2) is 0 Å². The number of anilines is 1. The van der Waals surface area contributed by atoms with Gasteiger partial charge >= 0.3 is 0 Å². The molecule has 25 heavy (non-hydrogen) atoms. The maximum absolute atomic E-state index is 14.1. The fourth-order valence-electron chi connectivity index (χ4n) is 2.91. The molecule has 8 heteroatoms. The molecule has 132 valence electrons. The van der Waals surface area contributed by atoms with Crippen LogP contribution in [0.4, 0.5) is 10.1 Å². The van der Waals surface area contributed by atoms with E-state index in [1.165, 1.54) is 23.6 Å². The van der Waals surface area contributed by atoms with E-state index in [9.17, 15) is 14.0 Å². The number of aromatic nitrogens is 3. The van der Waals surface area contributed by atoms with E-state index in [4.69, 9.17) is 0 Å². The molecule has 0 radical (unpaired) electrons. The van der Waals surface area contributed by atoms with Gasteiger partial charge in [-0.1, -0.05) is 6.07 Å². The van der Waals surface area contributed by atoms with Crippen molar-refractivity contribution in [2.24, 2.45) is 0 Å². The first-order chi connectivity index (χ1) is 12.0. The minimum Gasteiger partial charge on any atom is -0.344 e. The number of carbonyl (C=O) groups excluding carboxylic acids is 2. The Kier molecular flexibility index (Phi) is 5.06. The van der Waals surface area contributed by atoms with Gasteiger partial charge in [0.1, 0.15) is 24.5 Å². The molecular formula is C17H20FN5O2. The van der Waals surface area contributed by atoms with Crippen LogP contribution in [-0.2, 0) is 16.1 Å². The van der Waals surface area contributed by atoms with Crippen molar-refractivity contribution in [3.8, 4) is 0 Å². The van der Waals surface area contributed by atoms with Crippen molar-refractivity contribution < 1.29 is 14.0 Å². The van der Waals surface area contributed by atoms with Gasteiger partial charge in [0.25, 0.3) is 0 Å². The standard InChI is InChI=1S/C17H20FN5O2/c1-12-4-5-13(18)15(9-12)23-7-2-3-14(17(23)25)21-16(24)6-8-22-11-19-10-20-22/h4-5,9-11,14H,2-3,6-8H2,1H3,(H,21,24). The summed E-state index contributed by atoms with van der Waals surface area (Å²) in [5.41, 5.74) is 1.15. The minimum atomic E-state index is -0.628. The highest BCUT2D eigenvalue weighted by molar-refractivity contribution is 6.00. The first-order valence-electron chi connectivity index (χ1n) is 8.24. The average Bonchev–Trinajstić information content (AvgIpc) is 3.11. The normalized spacial score (nSPS) is 17.6. The van der Waals surface area contributed by atoms with Gasteiger partial charge in [0, 0.05) is 13.0 Å². The van der Waals surface area contributed by atoms with Gasteiger partial charge in [0.05, 0.1) is 12.2 Å². The van der Waals surface area contributed by atoms with Crippen molar-refractivity contribution in [3.05, 3.63) is 42.2 Å². The summed E-state index contributed by atoms with van der Waals surface area (Å²) in [5.74, 6) is -0.942. The number of piperidine rings is 1. The summed E-state index contributed by atoms with van der Waals surface area (Å²) in [6.07, 6.45) is 4.38. The van der Waals surface area contributed by atoms with Gasteiger partial charge < -0.3 is 10.2 Å². The van der Waals surface area contributed by atoms with E-state index in [0.717, 1.165) is 5.56 Å². The van der Waals surface area contributed by atoms with E-state index in [2.05, 4.69) is 15.4 Å². The monoisotopic (exact) mass is 345 g/mol. The van der Waals surface area contributed by atoms with E-state index >= 15 is 0 Å². The third-order valence-electron chi connectivity index (χ3n) is 4.20. The SMILES string of the molecule is Cc1ccc(F)c(N2CCCC(NC(=O)CCn3cncn3)C2=O)c1. The molecule has 1 aliphatic heterocycles. The van der Waals surface area contributed by atoms with Crippen LogP contribution in [0.25, 0.3) is 0 Å². The number of nitrogens with one attached hydrogen (secondary N) is 1. The van der Waals surface area contributed by atoms with Crippen LogP contribution in [0.15, 0.2) is 30.9 Å². The molecule has 1 N–H and O–H groups in total. The number of hydrogen-bond donors (Lipinski definition) is 1. The quantitative estimate of drug-likeness (QED) is 0.889. The summed E-state index contributed by atoms with van der Waals surface area (Å²) >= 11 is 0. The number of halogens is 1. The predicted octanol–water partition coefficient (Wildman–Crippen LogP) is 1.43. The molecule has 1 aliphatic rings. The number of hydrogen-bond acceptors (Lipinski definition) is 4. The van der Waals surface area contributed by atoms with Crippen molar-refractivity contribution in [3.63, 3.8) is 0 Å². The number of rotatable bonds is 5. The molecule has 1 aromatic heterocycles. The Hall–Kier alpha value is -2.77. The third-order valence-corrected chi connectivity index (χ3v) is 4.20. The highest BCUT2D eigenvalue weighted by Crippen LogP contribution is 2.25. The lowest BCUT2D eigenvalue weighted by Crippen LogP contribution is -2.52. The van der Waals surface area contributed by atoms with Crippen molar-refractivity contribution in [2.75, 3.05) is 11.4 Å². The van der Waals surface area contributed by atoms with Crippen LogP contribution < -0.4 is 10.2 Å². The Morgan fingerprint density at radius 1 is 1.44 bits per heavy atom. The van der Waals surface area contributed by atoms with E-state index < -0.39 is 11.9 Å². The molecule has 1 atom stereocenters. The number of benzene rings is 1. The molecule has 1 aromatic carbocycles. The number of amides is 2. The predicted molar refractivity (Wildman–Crippen MR) is 89.3 cm³/mol. The Morgan fingerprint density at radius 2 is 2.28 bits per heavy atom. The van der Waals surface area contributed by atoms with Gasteiger partial charge in [-0.25, -0.2) is 9.37 Å². The van der Waals surface area contributed by atoms with E-state index in [-0.39, 0.29) is 23.9 Å². The highest BCUT2D eigenvalue weighted by Gasteiger charge is 2.31. The smallest absolute Gasteiger partial charge is 0.249 e. The summed E-state index contributed by atoms with van der Waals surface area (Å²) in [6, 6.07) is 4.05. The lowest BCUT2D eigenvalue weighted by Gasteiger charge is -2.33. The molecule has 1 fully saturated rings. The van der Waals surface area contributed by atoms with E-state index in [1.807, 2.05) is 6.92 Å². The van der Waals surface area contributed by atoms with Crippen LogP contribution in [0, 0.1) is 12.7 Å². The van der Waals surface area contributed by atoms with Gasteiger partial charge in [0.2, 0.25) is 11.8 Å². The summed E-state index contributed by atoms with van der Waals surface area (Å²) < 4.78 is 15.7. The molecule has 0 saturated carbocycles. The molecule has 2 heterocycles. The van der Waals surface area contributed by atoms with Gasteiger partial charge in [-0.15, -0.1) is 0 Å². The van der Waals surface area contributed by atoms with E-state index in [0.29, 0.717) is 25.9 Å². The van der Waals surface area contributed by atoms with Crippen LogP contribution in [0.2, 0.25) is 0 Å². The Balaban J connectivity index is 1.63. The second-order valence-corrected chi connectivity index (χ2v) is 6.12. The topological polar surface area (TPSA) is 80.1 Å². The van der Waals surface area contributed by atoms with Crippen molar-refractivity contribution in [2.45, 2.75) is 38.8 Å². The van der Waals surface area contributed by atoms with Crippen LogP contribution in [-0.4, -0.2) is 39.2 Å². The Labute approximate surface area is 144 Å². The number of nitrogens with zero attached hydrogens (tertiary/aromatic N) is 4. The summed E-state index contributed by atoms with van der Waals surface area (Å²) in [6.45, 7) is 2.69. The van der Waals surface area contributed by atoms with Gasteiger partial charge in [-0.2, -0.15) is 5.10 Å². The van der Waals surface area contributed by atoms with Crippen LogP contribution in [0.5, 0.6) is 0 Å². The Bertz CT molecular complexity index is 762. The fourth-order valence-corrected chi connectivity index (χ4v) is 2.91. The number of aryl methyl sites for hydroxylation is 2. The maximum Gasteiger partial charge on any atom is 0.249 e. The third kappa shape index (κ3) is 4.01. The van der Waals surface area contributed by atoms with Crippen molar-refractivity contribution in [1.29, 1.82) is 0 Å². The molecule has 1 saturated heterocycles. The maximum atomic E-state index is 14.1. The molecule has 3 rings (SSSR count). The van der Waals surface area contributed by atoms with Gasteiger partial charge in [-0.3, -0.25) is 14.3 Å². The molecule has 0 spiro atoms. The molecule has 7 nitrogen and oxygen atoms in total. The van der Waals surface area contributed by atoms with Gasteiger partial charge in [-0.05, 0) is 37.5 Å². The fraction of sp³-hybridized carbons (Fsp3) is 0.412. The molecule has 0 aliphatic carbocycles. The first-order valence-corrected chi connectivity index (χ1v) is 8.24. The molecule has 2 amide bonds. The van der Waals surface area contributed by atoms with Crippen LogP contribution in [0.3, 0.4) is 0 Å². The second-order valence-electron chi connectivity index (χ2n) is 6.12. The van der Waals surface area contributed by atoms with E-state index in [1.54, 1.807) is 16.8 Å². The lowest BCUT2D eigenvalue weighted by molar-refractivity contribution is -0.128. The average molecular weight is 345 g/mol.